The van der Waals surface area contributed by atoms with Gasteiger partial charge in [-0.2, -0.15) is 0 Å². The Morgan fingerprint density at radius 3 is 2.84 bits per heavy atom. The van der Waals surface area contributed by atoms with Crippen LogP contribution < -0.4 is 10.6 Å². The fourth-order valence-corrected chi connectivity index (χ4v) is 2.80. The second-order valence-electron chi connectivity index (χ2n) is 5.38. The highest BCUT2D eigenvalue weighted by molar-refractivity contribution is 5.20. The lowest BCUT2D eigenvalue weighted by Crippen LogP contribution is -2.31. The lowest BCUT2D eigenvalue weighted by Gasteiger charge is -2.30. The summed E-state index contributed by atoms with van der Waals surface area (Å²) >= 11 is 0. The van der Waals surface area contributed by atoms with E-state index < -0.39 is 0 Å². The van der Waals surface area contributed by atoms with E-state index in [9.17, 15) is 0 Å². The van der Waals surface area contributed by atoms with Crippen LogP contribution in [0.25, 0.3) is 0 Å². The zero-order valence-corrected chi connectivity index (χ0v) is 12.1. The quantitative estimate of drug-likeness (QED) is 0.743. The lowest BCUT2D eigenvalue weighted by molar-refractivity contribution is 0.311. The molecule has 1 aromatic rings. The van der Waals surface area contributed by atoms with Gasteiger partial charge in [0.2, 0.25) is 5.89 Å². The second-order valence-corrected chi connectivity index (χ2v) is 5.38. The molecule has 1 aromatic heterocycles. The van der Waals surface area contributed by atoms with Crippen molar-refractivity contribution in [3.63, 3.8) is 0 Å². The van der Waals surface area contributed by atoms with E-state index in [1.807, 2.05) is 0 Å². The Labute approximate surface area is 115 Å². The summed E-state index contributed by atoms with van der Waals surface area (Å²) in [4.78, 5) is 0. The van der Waals surface area contributed by atoms with Crippen LogP contribution in [0.15, 0.2) is 4.42 Å². The van der Waals surface area contributed by atoms with Crippen LogP contribution in [0, 0.1) is 5.92 Å². The molecule has 108 valence electrons. The van der Waals surface area contributed by atoms with Gasteiger partial charge in [0, 0.05) is 6.04 Å². The first kappa shape index (κ1) is 14.3. The summed E-state index contributed by atoms with van der Waals surface area (Å²) in [6.45, 7) is 6.04. The number of nitrogens with one attached hydrogen (secondary N) is 2. The van der Waals surface area contributed by atoms with Crippen LogP contribution in [0.1, 0.15) is 58.3 Å². The molecule has 2 unspecified atom stereocenters. The Morgan fingerprint density at radius 2 is 2.05 bits per heavy atom. The standard InChI is InChI=1S/C14H26N4O/c1-3-9-15-10-13-17-18-14(19-13)16-12-8-6-5-7-11(12)4-2/h11-12,15H,3-10H2,1-2H3,(H,16,18). The number of aromatic nitrogens is 2. The fourth-order valence-electron chi connectivity index (χ4n) is 2.80. The van der Waals surface area contributed by atoms with Crippen LogP contribution in [0.2, 0.25) is 0 Å². The largest absolute Gasteiger partial charge is 0.407 e. The maximum absolute atomic E-state index is 5.63. The molecule has 2 N–H and O–H groups in total. The minimum atomic E-state index is 0.496. The van der Waals surface area contributed by atoms with Crippen molar-refractivity contribution in [1.82, 2.24) is 15.5 Å². The number of anilines is 1. The molecule has 2 atom stereocenters. The minimum absolute atomic E-state index is 0.496. The summed E-state index contributed by atoms with van der Waals surface area (Å²) in [5, 5.41) is 14.8. The smallest absolute Gasteiger partial charge is 0.315 e. The van der Waals surface area contributed by atoms with Crippen molar-refractivity contribution in [2.75, 3.05) is 11.9 Å². The zero-order chi connectivity index (χ0) is 13.5. The molecule has 1 aliphatic rings. The van der Waals surface area contributed by atoms with Gasteiger partial charge in [-0.3, -0.25) is 0 Å². The van der Waals surface area contributed by atoms with E-state index in [4.69, 9.17) is 4.42 Å². The highest BCUT2D eigenvalue weighted by Crippen LogP contribution is 2.28. The van der Waals surface area contributed by atoms with Gasteiger partial charge in [-0.25, -0.2) is 0 Å². The zero-order valence-electron chi connectivity index (χ0n) is 12.1. The van der Waals surface area contributed by atoms with Gasteiger partial charge in [0.1, 0.15) is 0 Å². The Morgan fingerprint density at radius 1 is 1.21 bits per heavy atom. The third-order valence-electron chi connectivity index (χ3n) is 3.91. The predicted octanol–water partition coefficient (Wildman–Crippen LogP) is 2.95. The average molecular weight is 266 g/mol. The summed E-state index contributed by atoms with van der Waals surface area (Å²) < 4.78 is 5.63. The molecule has 1 heterocycles. The summed E-state index contributed by atoms with van der Waals surface area (Å²) in [7, 11) is 0. The van der Waals surface area contributed by atoms with E-state index in [2.05, 4.69) is 34.7 Å². The third-order valence-corrected chi connectivity index (χ3v) is 3.91. The van der Waals surface area contributed by atoms with Crippen LogP contribution in [-0.2, 0) is 6.54 Å². The molecule has 2 rings (SSSR count). The van der Waals surface area contributed by atoms with Crippen LogP contribution in [0.5, 0.6) is 0 Å². The van der Waals surface area contributed by atoms with Crippen LogP contribution in [-0.4, -0.2) is 22.8 Å². The molecule has 0 radical (unpaired) electrons. The van der Waals surface area contributed by atoms with E-state index in [1.54, 1.807) is 0 Å². The van der Waals surface area contributed by atoms with Gasteiger partial charge < -0.3 is 15.1 Å². The normalized spacial score (nSPS) is 23.5. The molecule has 0 spiro atoms. The number of hydrogen-bond donors (Lipinski definition) is 2. The molecular weight excluding hydrogens is 240 g/mol. The predicted molar refractivity (Wildman–Crippen MR) is 76.0 cm³/mol. The molecule has 1 fully saturated rings. The first-order valence-electron chi connectivity index (χ1n) is 7.63. The monoisotopic (exact) mass is 266 g/mol. The van der Waals surface area contributed by atoms with Gasteiger partial charge in [0.25, 0.3) is 0 Å². The molecule has 0 bridgehead atoms. The lowest BCUT2D eigenvalue weighted by atomic mass is 9.83. The topological polar surface area (TPSA) is 63.0 Å². The number of hydrogen-bond acceptors (Lipinski definition) is 5. The van der Waals surface area contributed by atoms with Crippen molar-refractivity contribution >= 4 is 6.01 Å². The minimum Gasteiger partial charge on any atom is -0.407 e. The van der Waals surface area contributed by atoms with Crippen molar-refractivity contribution in [2.45, 2.75) is 65.0 Å². The number of rotatable bonds is 7. The van der Waals surface area contributed by atoms with Gasteiger partial charge in [-0.1, -0.05) is 38.2 Å². The average Bonchev–Trinajstić information content (AvgIpc) is 2.87. The highest BCUT2D eigenvalue weighted by Gasteiger charge is 2.24. The molecular formula is C14H26N4O. The maximum atomic E-state index is 5.63. The number of nitrogens with zero attached hydrogens (tertiary/aromatic N) is 2. The van der Waals surface area contributed by atoms with Gasteiger partial charge in [-0.05, 0) is 31.7 Å². The van der Waals surface area contributed by atoms with E-state index >= 15 is 0 Å². The van der Waals surface area contributed by atoms with Crippen LogP contribution >= 0.6 is 0 Å². The molecule has 19 heavy (non-hydrogen) atoms. The van der Waals surface area contributed by atoms with E-state index in [-0.39, 0.29) is 0 Å². The molecule has 0 aliphatic heterocycles. The summed E-state index contributed by atoms with van der Waals surface area (Å²) in [5.74, 6) is 1.40. The summed E-state index contributed by atoms with van der Waals surface area (Å²) in [6.07, 6.45) is 7.51. The summed E-state index contributed by atoms with van der Waals surface area (Å²) in [6, 6.07) is 1.08. The third kappa shape index (κ3) is 4.20. The SMILES string of the molecule is CCCNCc1nnc(NC2CCCCC2CC)o1. The Kier molecular flexibility index (Phi) is 5.63. The Hall–Kier alpha value is -1.10. The first-order valence-corrected chi connectivity index (χ1v) is 7.63. The molecule has 0 amide bonds. The van der Waals surface area contributed by atoms with E-state index in [1.165, 1.54) is 32.1 Å². The van der Waals surface area contributed by atoms with Crippen molar-refractivity contribution in [3.8, 4) is 0 Å². The van der Waals surface area contributed by atoms with Gasteiger partial charge in [0.05, 0.1) is 6.54 Å². The molecule has 5 heteroatoms. The molecule has 0 aromatic carbocycles. The molecule has 0 saturated heterocycles. The van der Waals surface area contributed by atoms with E-state index in [0.717, 1.165) is 18.9 Å². The van der Waals surface area contributed by atoms with Crippen LogP contribution in [0.4, 0.5) is 6.01 Å². The Bertz CT molecular complexity index is 366. The van der Waals surface area contributed by atoms with Crippen molar-refractivity contribution in [2.24, 2.45) is 5.92 Å². The fraction of sp³-hybridized carbons (Fsp3) is 0.857. The van der Waals surface area contributed by atoms with Gasteiger partial charge in [-0.15, -0.1) is 5.10 Å². The van der Waals surface area contributed by atoms with Crippen LogP contribution in [0.3, 0.4) is 0 Å². The molecule has 1 aliphatic carbocycles. The van der Waals surface area contributed by atoms with E-state index in [0.29, 0.717) is 24.5 Å². The van der Waals surface area contributed by atoms with Crippen molar-refractivity contribution in [3.05, 3.63) is 5.89 Å². The summed E-state index contributed by atoms with van der Waals surface area (Å²) in [5.41, 5.74) is 0. The molecule has 1 saturated carbocycles. The van der Waals surface area contributed by atoms with Gasteiger partial charge >= 0.3 is 6.01 Å². The second kappa shape index (κ2) is 7.48. The maximum Gasteiger partial charge on any atom is 0.315 e. The Balaban J connectivity index is 1.84. The van der Waals surface area contributed by atoms with Gasteiger partial charge in [0.15, 0.2) is 0 Å². The molecule has 5 nitrogen and oxygen atoms in total. The van der Waals surface area contributed by atoms with Crippen molar-refractivity contribution < 1.29 is 4.42 Å². The van der Waals surface area contributed by atoms with Crippen molar-refractivity contribution in [1.29, 1.82) is 0 Å². The highest BCUT2D eigenvalue weighted by atomic mass is 16.4. The first-order chi connectivity index (χ1) is 9.33.